The molecule has 2 aliphatic heterocycles. The Hall–Kier alpha value is -2.79. The molecule has 0 aliphatic carbocycles. The highest BCUT2D eigenvalue weighted by molar-refractivity contribution is 7.11. The van der Waals surface area contributed by atoms with E-state index in [2.05, 4.69) is 15.2 Å². The van der Waals surface area contributed by atoms with Crippen molar-refractivity contribution >= 4 is 40.7 Å². The van der Waals surface area contributed by atoms with Gasteiger partial charge in [-0.15, -0.1) is 11.3 Å². The highest BCUT2D eigenvalue weighted by Crippen LogP contribution is 2.36. The van der Waals surface area contributed by atoms with Crippen molar-refractivity contribution in [3.63, 3.8) is 0 Å². The van der Waals surface area contributed by atoms with Crippen LogP contribution in [0.1, 0.15) is 36.4 Å². The van der Waals surface area contributed by atoms with Crippen LogP contribution < -0.4 is 5.32 Å². The summed E-state index contributed by atoms with van der Waals surface area (Å²) in [4.78, 5) is 35.8. The van der Waals surface area contributed by atoms with E-state index in [-0.39, 0.29) is 19.1 Å². The van der Waals surface area contributed by atoms with Crippen molar-refractivity contribution in [2.24, 2.45) is 4.99 Å². The number of esters is 1. The summed E-state index contributed by atoms with van der Waals surface area (Å²) in [6.07, 6.45) is 2.18. The number of hydrogen-bond donors (Lipinski definition) is 2. The summed E-state index contributed by atoms with van der Waals surface area (Å²) in [6.45, 7) is 3.89. The highest BCUT2D eigenvalue weighted by Gasteiger charge is 2.35. The monoisotopic (exact) mass is 518 g/mol. The first-order chi connectivity index (χ1) is 17.0. The number of ether oxygens (including phenoxy) is 2. The van der Waals surface area contributed by atoms with E-state index in [9.17, 15) is 14.7 Å². The van der Waals surface area contributed by atoms with Crippen LogP contribution in [0, 0.1) is 0 Å². The Labute approximate surface area is 212 Å². The first-order valence-electron chi connectivity index (χ1n) is 11.4. The Bertz CT molecular complexity index is 1120. The summed E-state index contributed by atoms with van der Waals surface area (Å²) in [5, 5.41) is 15.5. The first-order valence-corrected chi connectivity index (χ1v) is 12.7. The van der Waals surface area contributed by atoms with Gasteiger partial charge in [0.15, 0.2) is 10.8 Å². The molecule has 0 bridgehead atoms. The van der Waals surface area contributed by atoms with Crippen LogP contribution >= 0.6 is 22.9 Å². The smallest absolute Gasteiger partial charge is 0.338 e. The standard InChI is InChI=1S/C24H27ClN4O5S/c1-2-34-24(32)20-18(13-29-10-11-33-14-15(29)7-8-19(30)31)27-22(23-26-9-12-35-23)28-21(20)16-5-3-4-6-17(16)25/h3-6,9,12,15,21H,2,7-8,10-11,13-14H2,1H3,(H,27,28)(H,30,31)/t15-,21+/m1/s1. The van der Waals surface area contributed by atoms with Crippen molar-refractivity contribution in [3.05, 3.63) is 62.7 Å². The number of benzene rings is 1. The van der Waals surface area contributed by atoms with Crippen molar-refractivity contribution in [1.29, 1.82) is 0 Å². The van der Waals surface area contributed by atoms with E-state index in [1.165, 1.54) is 11.3 Å². The normalized spacial score (nSPS) is 20.8. The number of nitrogens with one attached hydrogen (secondary N) is 1. The van der Waals surface area contributed by atoms with Gasteiger partial charge in [0.2, 0.25) is 0 Å². The topological polar surface area (TPSA) is 113 Å². The second-order valence-corrected chi connectivity index (χ2v) is 9.41. The largest absolute Gasteiger partial charge is 0.481 e. The van der Waals surface area contributed by atoms with E-state index in [0.717, 1.165) is 0 Å². The number of carbonyl (C=O) groups is 2. The first kappa shape index (κ1) is 25.3. The summed E-state index contributed by atoms with van der Waals surface area (Å²) in [5.41, 5.74) is 1.70. The molecule has 3 heterocycles. The van der Waals surface area contributed by atoms with Crippen LogP contribution in [-0.4, -0.2) is 71.7 Å². The number of carboxylic acids is 1. The van der Waals surface area contributed by atoms with Gasteiger partial charge in [0.05, 0.1) is 25.4 Å². The molecule has 186 valence electrons. The van der Waals surface area contributed by atoms with Gasteiger partial charge in [-0.2, -0.15) is 0 Å². The lowest BCUT2D eigenvalue weighted by Gasteiger charge is -2.37. The molecule has 2 aliphatic rings. The van der Waals surface area contributed by atoms with Gasteiger partial charge in [-0.25, -0.2) is 9.78 Å². The van der Waals surface area contributed by atoms with E-state index in [4.69, 9.17) is 26.1 Å². The maximum absolute atomic E-state index is 13.3. The maximum atomic E-state index is 13.3. The molecule has 1 aromatic heterocycles. The van der Waals surface area contributed by atoms with Crippen molar-refractivity contribution in [1.82, 2.24) is 15.2 Å². The van der Waals surface area contributed by atoms with E-state index in [0.29, 0.717) is 65.4 Å². The lowest BCUT2D eigenvalue weighted by molar-refractivity contribution is -0.139. The predicted octanol–water partition coefficient (Wildman–Crippen LogP) is 3.27. The van der Waals surface area contributed by atoms with Gasteiger partial charge >= 0.3 is 11.9 Å². The van der Waals surface area contributed by atoms with Gasteiger partial charge in [-0.1, -0.05) is 29.8 Å². The average Bonchev–Trinajstić information content (AvgIpc) is 3.38. The predicted molar refractivity (Wildman–Crippen MR) is 133 cm³/mol. The third kappa shape index (κ3) is 6.07. The van der Waals surface area contributed by atoms with Gasteiger partial charge in [0.1, 0.15) is 6.04 Å². The molecule has 4 rings (SSSR count). The molecular formula is C24H27ClN4O5S. The average molecular weight is 519 g/mol. The van der Waals surface area contributed by atoms with Gasteiger partial charge in [-0.05, 0) is 19.4 Å². The van der Waals surface area contributed by atoms with Crippen LogP contribution in [0.2, 0.25) is 5.02 Å². The number of nitrogens with zero attached hydrogens (tertiary/aromatic N) is 3. The second-order valence-electron chi connectivity index (χ2n) is 8.11. The minimum Gasteiger partial charge on any atom is -0.481 e. The fourth-order valence-corrected chi connectivity index (χ4v) is 5.02. The number of thiazole rings is 1. The Kier molecular flexibility index (Phi) is 8.50. The van der Waals surface area contributed by atoms with E-state index in [1.54, 1.807) is 19.2 Å². The molecule has 11 heteroatoms. The number of amidine groups is 1. The molecule has 2 aromatic rings. The molecule has 1 saturated heterocycles. The van der Waals surface area contributed by atoms with Gasteiger partial charge in [0, 0.05) is 53.4 Å². The zero-order chi connectivity index (χ0) is 24.8. The van der Waals surface area contributed by atoms with Crippen LogP contribution in [0.25, 0.3) is 0 Å². The number of carbonyl (C=O) groups excluding carboxylic acids is 1. The lowest BCUT2D eigenvalue weighted by Crippen LogP contribution is -2.49. The summed E-state index contributed by atoms with van der Waals surface area (Å²) in [7, 11) is 0. The van der Waals surface area contributed by atoms with Crippen LogP contribution in [-0.2, 0) is 19.1 Å². The number of hydrogen-bond acceptors (Lipinski definition) is 9. The molecule has 2 atom stereocenters. The Morgan fingerprint density at radius 3 is 2.91 bits per heavy atom. The molecule has 1 fully saturated rings. The van der Waals surface area contributed by atoms with Crippen molar-refractivity contribution < 1.29 is 24.2 Å². The highest BCUT2D eigenvalue weighted by atomic mass is 35.5. The molecule has 0 radical (unpaired) electrons. The molecule has 0 unspecified atom stereocenters. The molecular weight excluding hydrogens is 492 g/mol. The van der Waals surface area contributed by atoms with Crippen molar-refractivity contribution in [3.8, 4) is 0 Å². The quantitative estimate of drug-likeness (QED) is 0.486. The molecule has 35 heavy (non-hydrogen) atoms. The summed E-state index contributed by atoms with van der Waals surface area (Å²) in [5.74, 6) is -0.782. The van der Waals surface area contributed by atoms with Gasteiger partial charge in [-0.3, -0.25) is 14.7 Å². The Morgan fingerprint density at radius 2 is 2.20 bits per heavy atom. The second kappa shape index (κ2) is 11.8. The number of aromatic nitrogens is 1. The van der Waals surface area contributed by atoms with Crippen molar-refractivity contribution in [2.75, 3.05) is 32.9 Å². The Balaban J connectivity index is 1.76. The van der Waals surface area contributed by atoms with E-state index < -0.39 is 18.0 Å². The number of aliphatic imine (C=N–C) groups is 1. The minimum atomic E-state index is -0.852. The summed E-state index contributed by atoms with van der Waals surface area (Å²) < 4.78 is 11.1. The van der Waals surface area contributed by atoms with E-state index in [1.807, 2.05) is 23.6 Å². The van der Waals surface area contributed by atoms with Gasteiger partial charge in [0.25, 0.3) is 0 Å². The van der Waals surface area contributed by atoms with Crippen LogP contribution in [0.5, 0.6) is 0 Å². The maximum Gasteiger partial charge on any atom is 0.338 e. The number of aliphatic carboxylic acids is 1. The lowest BCUT2D eigenvalue weighted by atomic mass is 9.95. The van der Waals surface area contributed by atoms with Crippen LogP contribution in [0.4, 0.5) is 0 Å². The molecule has 2 N–H and O–H groups in total. The fourth-order valence-electron chi connectivity index (χ4n) is 4.20. The molecule has 0 saturated carbocycles. The van der Waals surface area contributed by atoms with Gasteiger partial charge < -0.3 is 19.9 Å². The minimum absolute atomic E-state index is 0.0375. The molecule has 0 amide bonds. The van der Waals surface area contributed by atoms with E-state index >= 15 is 0 Å². The molecule has 1 aromatic carbocycles. The number of halogens is 1. The third-order valence-electron chi connectivity index (χ3n) is 5.86. The van der Waals surface area contributed by atoms with Crippen LogP contribution in [0.3, 0.4) is 0 Å². The Morgan fingerprint density at radius 1 is 1.37 bits per heavy atom. The molecule has 0 spiro atoms. The fraction of sp³-hybridized carbons (Fsp3) is 0.417. The third-order valence-corrected chi connectivity index (χ3v) is 6.98. The molecule has 9 nitrogen and oxygen atoms in total. The zero-order valence-corrected chi connectivity index (χ0v) is 20.8. The summed E-state index contributed by atoms with van der Waals surface area (Å²) >= 11 is 7.99. The summed E-state index contributed by atoms with van der Waals surface area (Å²) in [6, 6.07) is 6.52. The number of carboxylic acid groups (broad SMARTS) is 1. The zero-order valence-electron chi connectivity index (χ0n) is 19.3. The number of rotatable bonds is 9. The number of morpholine rings is 1. The SMILES string of the molecule is CCOC(=O)C1=C(CN2CCOC[C@H]2CCC(=O)O)NC(c2nccs2)=N[C@H]1c1ccccc1Cl. The van der Waals surface area contributed by atoms with Crippen LogP contribution in [0.15, 0.2) is 52.1 Å². The van der Waals surface area contributed by atoms with Crippen molar-refractivity contribution in [2.45, 2.75) is 31.8 Å².